The summed E-state index contributed by atoms with van der Waals surface area (Å²) in [5.74, 6) is -0.436. The number of sulfonamides is 1. The average Bonchev–Trinajstić information content (AvgIpc) is 2.39. The van der Waals surface area contributed by atoms with E-state index in [1.807, 2.05) is 0 Å². The van der Waals surface area contributed by atoms with E-state index >= 15 is 0 Å². The van der Waals surface area contributed by atoms with Gasteiger partial charge in [0.05, 0.1) is 22.0 Å². The van der Waals surface area contributed by atoms with Crippen LogP contribution in [-0.4, -0.2) is 25.5 Å². The second-order valence-electron chi connectivity index (χ2n) is 4.34. The molecular formula is C12H12Cl2F3NO3S. The smallest absolute Gasteiger partial charge is 0.279 e. The summed E-state index contributed by atoms with van der Waals surface area (Å²) < 4.78 is 63.2. The van der Waals surface area contributed by atoms with Crippen molar-refractivity contribution in [2.24, 2.45) is 0 Å². The lowest BCUT2D eigenvalue weighted by atomic mass is 10.2. The predicted octanol–water partition coefficient (Wildman–Crippen LogP) is 3.67. The zero-order chi connectivity index (χ0) is 17.3. The van der Waals surface area contributed by atoms with Crippen LogP contribution in [0.4, 0.5) is 18.9 Å². The molecule has 0 amide bonds. The molecule has 0 saturated heterocycles. The van der Waals surface area contributed by atoms with E-state index in [4.69, 9.17) is 23.2 Å². The van der Waals surface area contributed by atoms with Crippen molar-refractivity contribution in [1.82, 2.24) is 0 Å². The number of alkyl halides is 3. The Morgan fingerprint density at radius 1 is 1.36 bits per heavy atom. The lowest BCUT2D eigenvalue weighted by Gasteiger charge is -2.29. The van der Waals surface area contributed by atoms with Gasteiger partial charge in [-0.25, -0.2) is 8.42 Å². The van der Waals surface area contributed by atoms with E-state index in [9.17, 15) is 26.4 Å². The molecule has 1 rings (SSSR count). The summed E-state index contributed by atoms with van der Waals surface area (Å²) in [6.45, 7) is 2.45. The Balaban J connectivity index is 3.59. The molecule has 0 bridgehead atoms. The number of carbonyl (C=O) groups excluding carboxylic acids is 1. The van der Waals surface area contributed by atoms with Crippen molar-refractivity contribution in [3.8, 4) is 0 Å². The number of carbonyl (C=O) groups is 1. The molecule has 0 aromatic heterocycles. The second kappa shape index (κ2) is 6.64. The van der Waals surface area contributed by atoms with Crippen LogP contribution in [0.15, 0.2) is 18.2 Å². The minimum absolute atomic E-state index is 0.241. The Kier molecular flexibility index (Phi) is 5.75. The molecule has 10 heteroatoms. The summed E-state index contributed by atoms with van der Waals surface area (Å²) in [7, 11) is -4.07. The highest BCUT2D eigenvalue weighted by Crippen LogP contribution is 2.37. The summed E-state index contributed by atoms with van der Waals surface area (Å²) in [5.41, 5.74) is -1.53. The van der Waals surface area contributed by atoms with Gasteiger partial charge >= 0.3 is 6.18 Å². The van der Waals surface area contributed by atoms with Gasteiger partial charge in [-0.05, 0) is 43.6 Å². The fraction of sp³-hybridized carbons (Fsp3) is 0.417. The Morgan fingerprint density at radius 2 is 1.91 bits per heavy atom. The summed E-state index contributed by atoms with van der Waals surface area (Å²) in [4.78, 5) is 11.3. The van der Waals surface area contributed by atoms with Crippen LogP contribution >= 0.6 is 23.2 Å². The zero-order valence-electron chi connectivity index (χ0n) is 11.5. The van der Waals surface area contributed by atoms with Gasteiger partial charge in [-0.1, -0.05) is 11.6 Å². The van der Waals surface area contributed by atoms with Gasteiger partial charge in [0.15, 0.2) is 0 Å². The van der Waals surface area contributed by atoms with Gasteiger partial charge in [0.1, 0.15) is 6.04 Å². The molecule has 4 nitrogen and oxygen atoms in total. The van der Waals surface area contributed by atoms with Crippen LogP contribution in [0.2, 0.25) is 5.02 Å². The van der Waals surface area contributed by atoms with Gasteiger partial charge < -0.3 is 0 Å². The van der Waals surface area contributed by atoms with Crippen LogP contribution in [0, 0.1) is 0 Å². The second-order valence-corrected chi connectivity index (χ2v) is 7.25. The highest BCUT2D eigenvalue weighted by molar-refractivity contribution is 7.92. The van der Waals surface area contributed by atoms with E-state index in [1.54, 1.807) is 0 Å². The molecule has 0 N–H and O–H groups in total. The number of hydrogen-bond acceptors (Lipinski definition) is 3. The zero-order valence-corrected chi connectivity index (χ0v) is 13.8. The van der Waals surface area contributed by atoms with E-state index in [0.717, 1.165) is 12.1 Å². The van der Waals surface area contributed by atoms with E-state index < -0.39 is 44.5 Å². The molecule has 22 heavy (non-hydrogen) atoms. The minimum Gasteiger partial charge on any atom is -0.279 e. The first-order valence-corrected chi connectivity index (χ1v) is 8.36. The van der Waals surface area contributed by atoms with E-state index in [0.29, 0.717) is 10.4 Å². The lowest BCUT2D eigenvalue weighted by Crippen LogP contribution is -2.43. The van der Waals surface area contributed by atoms with Crippen molar-refractivity contribution in [1.29, 1.82) is 0 Å². The summed E-state index contributed by atoms with van der Waals surface area (Å²) >= 11 is 11.1. The van der Waals surface area contributed by atoms with Crippen molar-refractivity contribution in [3.63, 3.8) is 0 Å². The fourth-order valence-corrected chi connectivity index (χ4v) is 3.41. The molecule has 0 radical (unpaired) electrons. The first-order valence-electron chi connectivity index (χ1n) is 6.00. The number of hydrogen-bond donors (Lipinski definition) is 0. The van der Waals surface area contributed by atoms with Gasteiger partial charge in [-0.15, -0.1) is 0 Å². The average molecular weight is 378 g/mol. The van der Waals surface area contributed by atoms with Crippen LogP contribution < -0.4 is 4.31 Å². The Bertz CT molecular complexity index is 677. The molecule has 0 fully saturated rings. The Morgan fingerprint density at radius 3 is 2.32 bits per heavy atom. The number of anilines is 1. The SMILES string of the molecule is CCS(=O)(=O)N(c1cc(C(F)(F)F)ccc1Cl)C(C)C(=O)Cl. The molecule has 1 aromatic carbocycles. The molecule has 124 valence electrons. The third-order valence-corrected chi connectivity index (χ3v) is 5.33. The summed E-state index contributed by atoms with van der Waals surface area (Å²) in [6.07, 6.45) is -4.69. The van der Waals surface area contributed by atoms with Crippen LogP contribution in [0.25, 0.3) is 0 Å². The third kappa shape index (κ3) is 4.05. The van der Waals surface area contributed by atoms with Gasteiger partial charge in [0, 0.05) is 0 Å². The third-order valence-electron chi connectivity index (χ3n) is 2.86. The number of benzene rings is 1. The van der Waals surface area contributed by atoms with E-state index in [-0.39, 0.29) is 5.02 Å². The summed E-state index contributed by atoms with van der Waals surface area (Å²) in [6, 6.07) is 0.818. The van der Waals surface area contributed by atoms with Crippen molar-refractivity contribution >= 4 is 44.2 Å². The molecule has 1 unspecified atom stereocenters. The quantitative estimate of drug-likeness (QED) is 0.735. The first kappa shape index (κ1) is 19.1. The van der Waals surface area contributed by atoms with Crippen molar-refractivity contribution in [3.05, 3.63) is 28.8 Å². The van der Waals surface area contributed by atoms with Crippen LogP contribution in [0.5, 0.6) is 0 Å². The first-order chi connectivity index (χ1) is 9.91. The highest BCUT2D eigenvalue weighted by Gasteiger charge is 2.35. The van der Waals surface area contributed by atoms with Gasteiger partial charge in [-0.3, -0.25) is 9.10 Å². The van der Waals surface area contributed by atoms with Crippen LogP contribution in [0.3, 0.4) is 0 Å². The monoisotopic (exact) mass is 377 g/mol. The fourth-order valence-electron chi connectivity index (χ4n) is 1.69. The van der Waals surface area contributed by atoms with Crippen LogP contribution in [0.1, 0.15) is 19.4 Å². The Labute approximate surface area is 135 Å². The predicted molar refractivity (Wildman–Crippen MR) is 78.7 cm³/mol. The van der Waals surface area contributed by atoms with Gasteiger partial charge in [-0.2, -0.15) is 13.2 Å². The molecular weight excluding hydrogens is 366 g/mol. The van der Waals surface area contributed by atoms with Crippen molar-refractivity contribution in [2.45, 2.75) is 26.1 Å². The maximum atomic E-state index is 12.8. The molecule has 0 aliphatic carbocycles. The minimum atomic E-state index is -4.69. The maximum absolute atomic E-state index is 12.8. The topological polar surface area (TPSA) is 54.5 Å². The van der Waals surface area contributed by atoms with Gasteiger partial charge in [0.2, 0.25) is 15.3 Å². The van der Waals surface area contributed by atoms with Gasteiger partial charge in [0.25, 0.3) is 0 Å². The highest BCUT2D eigenvalue weighted by atomic mass is 35.5. The molecule has 0 aliphatic heterocycles. The van der Waals surface area contributed by atoms with E-state index in [1.165, 1.54) is 13.8 Å². The largest absolute Gasteiger partial charge is 0.416 e. The number of rotatable bonds is 5. The number of nitrogens with zero attached hydrogens (tertiary/aromatic N) is 1. The molecule has 0 heterocycles. The standard InChI is InChI=1S/C12H12Cl2F3NO3S/c1-3-22(20,21)18(7(2)11(14)19)10-6-8(12(15,16)17)4-5-9(10)13/h4-7H,3H2,1-2H3. The molecule has 0 spiro atoms. The van der Waals surface area contributed by atoms with Crippen molar-refractivity contribution < 1.29 is 26.4 Å². The molecule has 0 aliphatic rings. The number of halogens is 5. The van der Waals surface area contributed by atoms with Crippen LogP contribution in [-0.2, 0) is 21.0 Å². The summed E-state index contributed by atoms with van der Waals surface area (Å²) in [5, 5.41) is -1.28. The Hall–Kier alpha value is -0.990. The normalized spacial score (nSPS) is 13.8. The van der Waals surface area contributed by atoms with E-state index in [2.05, 4.69) is 0 Å². The molecule has 1 aromatic rings. The molecule has 1 atom stereocenters. The lowest BCUT2D eigenvalue weighted by molar-refractivity contribution is -0.137. The van der Waals surface area contributed by atoms with Crippen molar-refractivity contribution in [2.75, 3.05) is 10.1 Å². The molecule has 0 saturated carbocycles. The maximum Gasteiger partial charge on any atom is 0.416 e.